The second kappa shape index (κ2) is 3.46. The Morgan fingerprint density at radius 2 is 2.26 bits per heavy atom. The molecule has 1 spiro atoms. The fourth-order valence-corrected chi connectivity index (χ4v) is 4.40. The Bertz CT molecular complexity index is 489. The average molecular weight is 268 g/mol. The van der Waals surface area contributed by atoms with E-state index in [2.05, 4.69) is 0 Å². The van der Waals surface area contributed by atoms with Crippen molar-refractivity contribution < 1.29 is 19.2 Å². The molecule has 2 aliphatic carbocycles. The third kappa shape index (κ3) is 1.27. The number of amides is 2. The van der Waals surface area contributed by atoms with Crippen LogP contribution in [0.3, 0.4) is 0 Å². The summed E-state index contributed by atoms with van der Waals surface area (Å²) in [6.45, 7) is 3.20. The normalized spacial score (nSPS) is 38.2. The molecule has 19 heavy (non-hydrogen) atoms. The zero-order valence-electron chi connectivity index (χ0n) is 10.9. The lowest BCUT2D eigenvalue weighted by Gasteiger charge is -2.40. The number of ether oxygens (including phenoxy) is 1. The van der Waals surface area contributed by atoms with Gasteiger partial charge in [-0.1, -0.05) is 13.8 Å². The molecule has 0 aromatic rings. The molecule has 7 nitrogen and oxygen atoms in total. The van der Waals surface area contributed by atoms with E-state index in [9.17, 15) is 19.7 Å². The molecule has 0 aromatic carbocycles. The Labute approximate surface area is 110 Å². The number of hydrogen-bond donors (Lipinski definition) is 0. The molecule has 7 heteroatoms. The van der Waals surface area contributed by atoms with E-state index in [0.717, 1.165) is 17.7 Å². The van der Waals surface area contributed by atoms with Crippen molar-refractivity contribution in [1.82, 2.24) is 4.90 Å². The fourth-order valence-electron chi connectivity index (χ4n) is 4.40. The maximum atomic E-state index is 12.1. The van der Waals surface area contributed by atoms with Crippen molar-refractivity contribution in [2.75, 3.05) is 6.54 Å². The van der Waals surface area contributed by atoms with Crippen LogP contribution in [-0.4, -0.2) is 40.0 Å². The summed E-state index contributed by atoms with van der Waals surface area (Å²) < 4.78 is 5.30. The number of hydrogen-bond acceptors (Lipinski definition) is 5. The van der Waals surface area contributed by atoms with Crippen molar-refractivity contribution in [3.63, 3.8) is 0 Å². The highest BCUT2D eigenvalue weighted by Gasteiger charge is 2.74. The van der Waals surface area contributed by atoms with Crippen LogP contribution in [0.25, 0.3) is 0 Å². The van der Waals surface area contributed by atoms with Crippen LogP contribution in [0.4, 0.5) is 4.79 Å². The number of nitro groups is 1. The summed E-state index contributed by atoms with van der Waals surface area (Å²) in [6.07, 6.45) is 1.35. The maximum Gasteiger partial charge on any atom is 0.417 e. The predicted octanol–water partition coefficient (Wildman–Crippen LogP) is 1.19. The first kappa shape index (κ1) is 12.4. The van der Waals surface area contributed by atoms with E-state index in [0.29, 0.717) is 12.3 Å². The summed E-state index contributed by atoms with van der Waals surface area (Å²) in [4.78, 5) is 34.9. The van der Waals surface area contributed by atoms with Crippen molar-refractivity contribution in [1.29, 1.82) is 0 Å². The second-order valence-corrected chi connectivity index (χ2v) is 6.21. The van der Waals surface area contributed by atoms with Crippen molar-refractivity contribution in [3.8, 4) is 0 Å². The Morgan fingerprint density at radius 3 is 2.84 bits per heavy atom. The summed E-state index contributed by atoms with van der Waals surface area (Å²) in [5, 5.41) is 10.5. The predicted molar refractivity (Wildman–Crippen MR) is 62.8 cm³/mol. The molecule has 3 aliphatic rings. The number of rotatable bonds is 2. The van der Waals surface area contributed by atoms with Gasteiger partial charge in [0.25, 0.3) is 6.54 Å². The van der Waals surface area contributed by atoms with Gasteiger partial charge < -0.3 is 4.74 Å². The molecule has 3 rings (SSSR count). The lowest BCUT2D eigenvalue weighted by Crippen LogP contribution is -2.58. The molecule has 1 saturated heterocycles. The third-order valence-corrected chi connectivity index (χ3v) is 5.38. The van der Waals surface area contributed by atoms with Crippen molar-refractivity contribution in [3.05, 3.63) is 10.1 Å². The largest absolute Gasteiger partial charge is 0.443 e. The minimum atomic E-state index is -0.857. The third-order valence-electron chi connectivity index (χ3n) is 5.38. The van der Waals surface area contributed by atoms with Gasteiger partial charge in [0.15, 0.2) is 0 Å². The van der Waals surface area contributed by atoms with Gasteiger partial charge in [-0.25, -0.2) is 9.69 Å². The van der Waals surface area contributed by atoms with E-state index in [1.165, 1.54) is 0 Å². The summed E-state index contributed by atoms with van der Waals surface area (Å²) >= 11 is 0. The van der Waals surface area contributed by atoms with E-state index in [1.54, 1.807) is 0 Å². The molecule has 104 valence electrons. The molecule has 0 unspecified atom stereocenters. The molecule has 1 aliphatic heterocycles. The molecule has 0 aromatic heterocycles. The van der Waals surface area contributed by atoms with Crippen LogP contribution in [0.15, 0.2) is 0 Å². The van der Waals surface area contributed by atoms with Gasteiger partial charge in [0.1, 0.15) is 6.10 Å². The van der Waals surface area contributed by atoms with Crippen LogP contribution in [0.2, 0.25) is 0 Å². The summed E-state index contributed by atoms with van der Waals surface area (Å²) in [5.41, 5.74) is -0.919. The van der Waals surface area contributed by atoms with Gasteiger partial charge in [-0.3, -0.25) is 14.9 Å². The molecule has 0 N–H and O–H groups in total. The smallest absolute Gasteiger partial charge is 0.417 e. The van der Waals surface area contributed by atoms with Gasteiger partial charge in [0, 0.05) is 4.92 Å². The molecule has 0 radical (unpaired) electrons. The van der Waals surface area contributed by atoms with Crippen molar-refractivity contribution in [2.24, 2.45) is 11.3 Å². The monoisotopic (exact) mass is 268 g/mol. The quantitative estimate of drug-likeness (QED) is 0.554. The molecular weight excluding hydrogens is 252 g/mol. The van der Waals surface area contributed by atoms with E-state index < -0.39 is 29.0 Å². The Kier molecular flexibility index (Phi) is 2.25. The molecule has 2 amide bonds. The van der Waals surface area contributed by atoms with Crippen LogP contribution in [-0.2, 0) is 9.53 Å². The zero-order valence-corrected chi connectivity index (χ0v) is 10.9. The topological polar surface area (TPSA) is 89.8 Å². The highest BCUT2D eigenvalue weighted by Crippen LogP contribution is 2.65. The number of imide groups is 1. The Morgan fingerprint density at radius 1 is 1.58 bits per heavy atom. The summed E-state index contributed by atoms with van der Waals surface area (Å²) in [5.74, 6) is -0.357. The minimum absolute atomic E-state index is 0.240. The second-order valence-electron chi connectivity index (χ2n) is 6.21. The number of carbonyl (C=O) groups excluding carboxylic acids is 2. The first-order chi connectivity index (χ1) is 8.80. The lowest BCUT2D eigenvalue weighted by molar-refractivity contribution is -0.468. The van der Waals surface area contributed by atoms with Crippen LogP contribution in [0, 0.1) is 21.4 Å². The number of fused-ring (bicyclic) bond motifs is 1. The van der Waals surface area contributed by atoms with E-state index >= 15 is 0 Å². The summed E-state index contributed by atoms with van der Waals surface area (Å²) in [7, 11) is 0. The molecule has 3 atom stereocenters. The number of nitrogens with zero attached hydrogens (tertiary/aromatic N) is 2. The number of carbonyl (C=O) groups is 2. The Hall–Kier alpha value is -1.66. The molecule has 2 saturated carbocycles. The van der Waals surface area contributed by atoms with Crippen LogP contribution in [0.5, 0.6) is 0 Å². The highest BCUT2D eigenvalue weighted by atomic mass is 16.6. The lowest BCUT2D eigenvalue weighted by atomic mass is 9.74. The van der Waals surface area contributed by atoms with E-state index in [1.807, 2.05) is 13.8 Å². The Balaban J connectivity index is 2.01. The van der Waals surface area contributed by atoms with E-state index in [-0.39, 0.29) is 11.5 Å². The van der Waals surface area contributed by atoms with Crippen LogP contribution < -0.4 is 0 Å². The van der Waals surface area contributed by atoms with Gasteiger partial charge in [0.2, 0.25) is 0 Å². The SMILES string of the molecule is CC1(C)[C@@H]2CC[C@]13[C@@H](C2)OC(=O)N3C(=O)C[N+](=O)[O-]. The van der Waals surface area contributed by atoms with Gasteiger partial charge in [0.05, 0.1) is 5.54 Å². The first-order valence-electron chi connectivity index (χ1n) is 6.46. The minimum Gasteiger partial charge on any atom is -0.443 e. The first-order valence-corrected chi connectivity index (χ1v) is 6.46. The van der Waals surface area contributed by atoms with Crippen molar-refractivity contribution >= 4 is 12.0 Å². The molecular formula is C12H16N2O5. The summed E-state index contributed by atoms with van der Waals surface area (Å²) in [6, 6.07) is 0. The average Bonchev–Trinajstić information content (AvgIpc) is 2.78. The van der Waals surface area contributed by atoms with Gasteiger partial charge in [-0.05, 0) is 30.6 Å². The molecule has 3 fully saturated rings. The van der Waals surface area contributed by atoms with Crippen LogP contribution >= 0.6 is 0 Å². The standard InChI is InChI=1S/C12H16N2O5/c1-11(2)7-3-4-12(11)8(5-7)19-10(16)14(12)9(15)6-13(17)18/h7-8H,3-6H2,1-2H3/t7-,8-,12+/m1/s1. The highest BCUT2D eigenvalue weighted by molar-refractivity contribution is 5.95. The van der Waals surface area contributed by atoms with E-state index in [4.69, 9.17) is 4.74 Å². The molecule has 2 bridgehead atoms. The van der Waals surface area contributed by atoms with Gasteiger partial charge >= 0.3 is 12.0 Å². The zero-order chi connectivity index (χ0) is 14.0. The maximum absolute atomic E-state index is 12.1. The fraction of sp³-hybridized carbons (Fsp3) is 0.833. The van der Waals surface area contributed by atoms with Gasteiger partial charge in [-0.15, -0.1) is 0 Å². The molecule has 1 heterocycles. The van der Waals surface area contributed by atoms with Crippen LogP contribution in [0.1, 0.15) is 33.1 Å². The van der Waals surface area contributed by atoms with Crippen molar-refractivity contribution in [2.45, 2.75) is 44.8 Å². The van der Waals surface area contributed by atoms with Gasteiger partial charge in [-0.2, -0.15) is 0 Å².